The molecule has 2 aromatic carbocycles. The number of amides is 2. The molecule has 3 aromatic rings. The highest BCUT2D eigenvalue weighted by Crippen LogP contribution is 2.35. The summed E-state index contributed by atoms with van der Waals surface area (Å²) >= 11 is 1.68. The Kier molecular flexibility index (Phi) is 8.82. The van der Waals surface area contributed by atoms with Gasteiger partial charge >= 0.3 is 0 Å². The van der Waals surface area contributed by atoms with Crippen molar-refractivity contribution < 1.29 is 23.5 Å². The number of hydrogen-bond donors (Lipinski definition) is 0. The number of fused-ring (bicyclic) bond motifs is 1. The first kappa shape index (κ1) is 26.7. The molecule has 0 spiro atoms. The van der Waals surface area contributed by atoms with Gasteiger partial charge in [-0.15, -0.1) is 11.3 Å². The van der Waals surface area contributed by atoms with Gasteiger partial charge in [0, 0.05) is 23.5 Å². The molecule has 0 saturated heterocycles. The van der Waals surface area contributed by atoms with E-state index in [4.69, 9.17) is 9.47 Å². The monoisotopic (exact) mass is 524 g/mol. The number of rotatable bonds is 10. The van der Waals surface area contributed by atoms with E-state index in [0.29, 0.717) is 24.6 Å². The van der Waals surface area contributed by atoms with E-state index in [1.807, 2.05) is 54.5 Å². The highest BCUT2D eigenvalue weighted by Gasteiger charge is 2.34. The molecule has 1 aliphatic rings. The molecule has 1 aliphatic heterocycles. The largest absolute Gasteiger partial charge is 0.493 e. The molecule has 0 bridgehead atoms. The van der Waals surface area contributed by atoms with Crippen LogP contribution in [0.4, 0.5) is 4.39 Å². The second-order valence-electron chi connectivity index (χ2n) is 9.32. The van der Waals surface area contributed by atoms with E-state index in [0.717, 1.165) is 18.4 Å². The second-order valence-corrected chi connectivity index (χ2v) is 10.3. The number of para-hydroxylation sites is 2. The molecule has 2 amide bonds. The van der Waals surface area contributed by atoms with Gasteiger partial charge in [0.05, 0.1) is 13.2 Å². The Bertz CT molecular complexity index is 1230. The fourth-order valence-corrected chi connectivity index (χ4v) is 5.49. The molecule has 1 aromatic heterocycles. The van der Waals surface area contributed by atoms with Gasteiger partial charge in [-0.3, -0.25) is 9.59 Å². The first-order chi connectivity index (χ1) is 17.9. The van der Waals surface area contributed by atoms with E-state index >= 15 is 0 Å². The summed E-state index contributed by atoms with van der Waals surface area (Å²) in [4.78, 5) is 31.7. The fourth-order valence-electron chi connectivity index (χ4n) is 4.56. The van der Waals surface area contributed by atoms with E-state index in [-0.39, 0.29) is 42.5 Å². The maximum absolute atomic E-state index is 13.8. The highest BCUT2D eigenvalue weighted by molar-refractivity contribution is 7.10. The molecule has 0 radical (unpaired) electrons. The number of hydrogen-bond acceptors (Lipinski definition) is 5. The highest BCUT2D eigenvalue weighted by atomic mass is 32.1. The summed E-state index contributed by atoms with van der Waals surface area (Å²) in [6.45, 7) is 5.22. The Morgan fingerprint density at radius 2 is 1.95 bits per heavy atom. The van der Waals surface area contributed by atoms with Crippen LogP contribution in [0.2, 0.25) is 0 Å². The zero-order chi connectivity index (χ0) is 26.4. The molecule has 0 fully saturated rings. The van der Waals surface area contributed by atoms with Gasteiger partial charge < -0.3 is 19.3 Å². The van der Waals surface area contributed by atoms with Gasteiger partial charge in [-0.25, -0.2) is 4.39 Å². The number of nitrogens with zero attached hydrogens (tertiary/aromatic N) is 2. The van der Waals surface area contributed by atoms with Crippen molar-refractivity contribution in [3.05, 3.63) is 81.8 Å². The average Bonchev–Trinajstić information content (AvgIpc) is 3.40. The normalized spacial score (nSPS) is 15.6. The van der Waals surface area contributed by atoms with E-state index in [2.05, 4.69) is 0 Å². The number of carbonyl (C=O) groups is 2. The number of methoxy groups -OCH3 is 1. The van der Waals surface area contributed by atoms with Crippen LogP contribution < -0.4 is 9.47 Å². The van der Waals surface area contributed by atoms with Gasteiger partial charge in [0.2, 0.25) is 5.91 Å². The van der Waals surface area contributed by atoms with Crippen molar-refractivity contribution in [2.45, 2.75) is 32.7 Å². The van der Waals surface area contributed by atoms with Crippen LogP contribution in [0.15, 0.2) is 60.0 Å². The molecule has 0 saturated carbocycles. The zero-order valence-electron chi connectivity index (χ0n) is 21.5. The predicted octanol–water partition coefficient (Wildman–Crippen LogP) is 5.59. The van der Waals surface area contributed by atoms with Crippen LogP contribution in [0.25, 0.3) is 0 Å². The molecule has 0 aliphatic carbocycles. The SMILES string of the molecule is CCC(C)CN(CC(=O)N1CCc2sccc2C1COc1ccccc1OC)C(=O)c1cccc(F)c1. The van der Waals surface area contributed by atoms with Crippen LogP contribution in [0.5, 0.6) is 11.5 Å². The number of benzene rings is 2. The Morgan fingerprint density at radius 1 is 1.16 bits per heavy atom. The lowest BCUT2D eigenvalue weighted by molar-refractivity contribution is -0.135. The molecule has 8 heteroatoms. The van der Waals surface area contributed by atoms with Crippen molar-refractivity contribution >= 4 is 23.2 Å². The number of halogens is 1. The molecule has 37 heavy (non-hydrogen) atoms. The van der Waals surface area contributed by atoms with Crippen molar-refractivity contribution in [1.29, 1.82) is 0 Å². The Labute approximate surface area is 221 Å². The van der Waals surface area contributed by atoms with Crippen LogP contribution in [0.3, 0.4) is 0 Å². The van der Waals surface area contributed by atoms with Gasteiger partial charge in [0.25, 0.3) is 5.91 Å². The summed E-state index contributed by atoms with van der Waals surface area (Å²) in [6, 6.07) is 14.8. The summed E-state index contributed by atoms with van der Waals surface area (Å²) in [5.41, 5.74) is 1.32. The zero-order valence-corrected chi connectivity index (χ0v) is 22.3. The third-order valence-corrected chi connectivity index (χ3v) is 7.79. The Balaban J connectivity index is 1.56. The molecule has 2 atom stereocenters. The van der Waals surface area contributed by atoms with Crippen LogP contribution >= 0.6 is 11.3 Å². The van der Waals surface area contributed by atoms with Gasteiger partial charge in [0.1, 0.15) is 19.0 Å². The Hall–Kier alpha value is -3.39. The summed E-state index contributed by atoms with van der Waals surface area (Å²) in [6.07, 6.45) is 1.62. The molecule has 2 heterocycles. The Morgan fingerprint density at radius 3 is 2.68 bits per heavy atom. The number of ether oxygens (including phenoxy) is 2. The maximum atomic E-state index is 13.8. The first-order valence-corrected chi connectivity index (χ1v) is 13.5. The van der Waals surface area contributed by atoms with Gasteiger partial charge in [0.15, 0.2) is 11.5 Å². The standard InChI is InChI=1S/C29H33FN2O4S/c1-4-20(2)17-31(29(34)21-8-7-9-22(30)16-21)18-28(33)32-14-12-27-23(13-15-37-27)24(32)19-36-26-11-6-5-10-25(26)35-3/h5-11,13,15-16,20,24H,4,12,14,17-19H2,1-3H3. The number of thiophene rings is 1. The van der Waals surface area contributed by atoms with E-state index in [9.17, 15) is 14.0 Å². The van der Waals surface area contributed by atoms with Crippen LogP contribution in [0, 0.1) is 11.7 Å². The second kappa shape index (κ2) is 12.2. The summed E-state index contributed by atoms with van der Waals surface area (Å²) in [5, 5.41) is 2.04. The average molecular weight is 525 g/mol. The number of carbonyl (C=O) groups excluding carboxylic acids is 2. The summed E-state index contributed by atoms with van der Waals surface area (Å²) in [7, 11) is 1.59. The van der Waals surface area contributed by atoms with Crippen molar-refractivity contribution in [2.75, 3.05) is 33.4 Å². The predicted molar refractivity (Wildman–Crippen MR) is 143 cm³/mol. The fraction of sp³-hybridized carbons (Fsp3) is 0.379. The minimum Gasteiger partial charge on any atom is -0.493 e. The summed E-state index contributed by atoms with van der Waals surface area (Å²) < 4.78 is 25.4. The van der Waals surface area contributed by atoms with E-state index in [1.165, 1.54) is 23.1 Å². The lowest BCUT2D eigenvalue weighted by Gasteiger charge is -2.37. The molecule has 2 unspecified atom stereocenters. The quantitative estimate of drug-likeness (QED) is 0.347. The minimum absolute atomic E-state index is 0.0791. The molecule has 4 rings (SSSR count). The van der Waals surface area contributed by atoms with Crippen LogP contribution in [-0.2, 0) is 11.2 Å². The van der Waals surface area contributed by atoms with Crippen molar-refractivity contribution in [3.63, 3.8) is 0 Å². The van der Waals surface area contributed by atoms with Crippen molar-refractivity contribution in [1.82, 2.24) is 9.80 Å². The molecule has 6 nitrogen and oxygen atoms in total. The molecular formula is C29H33FN2O4S. The van der Waals surface area contributed by atoms with Crippen LogP contribution in [0.1, 0.15) is 47.1 Å². The lowest BCUT2D eigenvalue weighted by Crippen LogP contribution is -2.48. The minimum atomic E-state index is -0.477. The molecule has 0 N–H and O–H groups in total. The third-order valence-electron chi connectivity index (χ3n) is 6.79. The lowest BCUT2D eigenvalue weighted by atomic mass is 10.00. The van der Waals surface area contributed by atoms with E-state index < -0.39 is 5.82 Å². The third kappa shape index (κ3) is 6.31. The van der Waals surface area contributed by atoms with Crippen molar-refractivity contribution in [2.24, 2.45) is 5.92 Å². The summed E-state index contributed by atoms with van der Waals surface area (Å²) in [5.74, 6) is 0.457. The van der Waals surface area contributed by atoms with Gasteiger partial charge in [-0.05, 0) is 59.7 Å². The van der Waals surface area contributed by atoms with Crippen LogP contribution in [-0.4, -0.2) is 55.0 Å². The van der Waals surface area contributed by atoms with Crippen molar-refractivity contribution in [3.8, 4) is 11.5 Å². The maximum Gasteiger partial charge on any atom is 0.254 e. The molecular weight excluding hydrogens is 491 g/mol. The van der Waals surface area contributed by atoms with Gasteiger partial charge in [-0.2, -0.15) is 0 Å². The smallest absolute Gasteiger partial charge is 0.254 e. The van der Waals surface area contributed by atoms with Gasteiger partial charge in [-0.1, -0.05) is 38.5 Å². The topological polar surface area (TPSA) is 59.1 Å². The first-order valence-electron chi connectivity index (χ1n) is 12.6. The van der Waals surface area contributed by atoms with E-state index in [1.54, 1.807) is 29.4 Å². The molecule has 196 valence electrons.